The summed E-state index contributed by atoms with van der Waals surface area (Å²) in [7, 11) is 0. The van der Waals surface area contributed by atoms with E-state index in [9.17, 15) is 4.79 Å². The summed E-state index contributed by atoms with van der Waals surface area (Å²) < 4.78 is 7.34. The van der Waals surface area contributed by atoms with Gasteiger partial charge in [-0.15, -0.1) is 0 Å². The van der Waals surface area contributed by atoms with Gasteiger partial charge >= 0.3 is 6.09 Å². The number of fused-ring (bicyclic) bond motifs is 3. The first-order valence-electron chi connectivity index (χ1n) is 8.37. The fourth-order valence-electron chi connectivity index (χ4n) is 3.42. The highest BCUT2D eigenvalue weighted by Gasteiger charge is 2.19. The number of hydrogen-bond donors (Lipinski definition) is 0. The van der Waals surface area contributed by atoms with Crippen LogP contribution in [0.4, 0.5) is 4.79 Å². The average Bonchev–Trinajstić information content (AvgIpc) is 2.98. The van der Waals surface area contributed by atoms with Gasteiger partial charge in [0, 0.05) is 10.8 Å². The Kier molecular flexibility index (Phi) is 3.77. The Morgan fingerprint density at radius 1 is 0.800 bits per heavy atom. The number of aryl methyl sites for hydroxylation is 2. The van der Waals surface area contributed by atoms with Gasteiger partial charge in [-0.2, -0.15) is 0 Å². The van der Waals surface area contributed by atoms with Crippen LogP contribution >= 0.6 is 0 Å². The second-order valence-electron chi connectivity index (χ2n) is 6.32. The van der Waals surface area contributed by atoms with Crippen LogP contribution in [0.15, 0.2) is 66.7 Å². The SMILES string of the molecule is Cc1cccc2c3cccc(C)c3n(C(=O)OCc3ccccc3)c12. The van der Waals surface area contributed by atoms with E-state index in [4.69, 9.17) is 4.74 Å². The third-order valence-electron chi connectivity index (χ3n) is 4.60. The van der Waals surface area contributed by atoms with E-state index < -0.39 is 0 Å². The molecule has 4 aromatic rings. The van der Waals surface area contributed by atoms with Gasteiger partial charge in [0.25, 0.3) is 0 Å². The molecule has 0 saturated heterocycles. The molecule has 1 heterocycles. The molecule has 0 saturated carbocycles. The van der Waals surface area contributed by atoms with E-state index in [1.165, 1.54) is 0 Å². The predicted octanol–water partition coefficient (Wildman–Crippen LogP) is 5.60. The smallest absolute Gasteiger partial charge is 0.419 e. The lowest BCUT2D eigenvalue weighted by Crippen LogP contribution is -2.14. The van der Waals surface area contributed by atoms with Crippen LogP contribution in [0.1, 0.15) is 16.7 Å². The average molecular weight is 329 g/mol. The summed E-state index contributed by atoms with van der Waals surface area (Å²) >= 11 is 0. The number of carbonyl (C=O) groups is 1. The molecule has 0 spiro atoms. The molecule has 0 aliphatic rings. The van der Waals surface area contributed by atoms with E-state index in [1.54, 1.807) is 4.57 Å². The van der Waals surface area contributed by atoms with E-state index in [0.29, 0.717) is 0 Å². The monoisotopic (exact) mass is 329 g/mol. The van der Waals surface area contributed by atoms with Gasteiger partial charge in [0.05, 0.1) is 11.0 Å². The molecule has 4 rings (SSSR count). The molecule has 1 aromatic heterocycles. The van der Waals surface area contributed by atoms with Crippen molar-refractivity contribution in [1.29, 1.82) is 0 Å². The highest BCUT2D eigenvalue weighted by molar-refractivity contribution is 6.14. The highest BCUT2D eigenvalue weighted by atomic mass is 16.5. The van der Waals surface area contributed by atoms with E-state index in [0.717, 1.165) is 38.5 Å². The minimum absolute atomic E-state index is 0.263. The van der Waals surface area contributed by atoms with Gasteiger partial charge in [-0.05, 0) is 30.5 Å². The number of ether oxygens (including phenoxy) is 1. The molecule has 0 bridgehead atoms. The van der Waals surface area contributed by atoms with Crippen molar-refractivity contribution in [2.24, 2.45) is 0 Å². The molecule has 0 N–H and O–H groups in total. The van der Waals surface area contributed by atoms with Crippen molar-refractivity contribution in [3.63, 3.8) is 0 Å². The summed E-state index contributed by atoms with van der Waals surface area (Å²) in [4.78, 5) is 13.0. The van der Waals surface area contributed by atoms with Crippen LogP contribution in [0.3, 0.4) is 0 Å². The minimum Gasteiger partial charge on any atom is -0.444 e. The normalized spacial score (nSPS) is 11.1. The molecular formula is C22H19NO2. The summed E-state index contributed by atoms with van der Waals surface area (Å²) in [6.07, 6.45) is -0.340. The van der Waals surface area contributed by atoms with Crippen molar-refractivity contribution in [2.75, 3.05) is 0 Å². The number of benzene rings is 3. The fourth-order valence-corrected chi connectivity index (χ4v) is 3.42. The number of nitrogens with zero attached hydrogens (tertiary/aromatic N) is 1. The molecule has 0 aliphatic heterocycles. The Bertz CT molecular complexity index is 1020. The van der Waals surface area contributed by atoms with Crippen LogP contribution in [0, 0.1) is 13.8 Å². The number of aromatic nitrogens is 1. The molecule has 0 aliphatic carbocycles. The van der Waals surface area contributed by atoms with Gasteiger partial charge in [0.1, 0.15) is 6.61 Å². The second-order valence-corrected chi connectivity index (χ2v) is 6.32. The van der Waals surface area contributed by atoms with Gasteiger partial charge in [0.2, 0.25) is 0 Å². The Morgan fingerprint density at radius 2 is 1.36 bits per heavy atom. The van der Waals surface area contributed by atoms with Gasteiger partial charge in [0.15, 0.2) is 0 Å². The van der Waals surface area contributed by atoms with Crippen LogP contribution in [0.5, 0.6) is 0 Å². The molecule has 0 radical (unpaired) electrons. The van der Waals surface area contributed by atoms with Crippen LogP contribution in [-0.4, -0.2) is 10.7 Å². The Balaban J connectivity index is 1.86. The maximum Gasteiger partial charge on any atom is 0.419 e. The van der Waals surface area contributed by atoms with Crippen LogP contribution in [0.25, 0.3) is 21.8 Å². The topological polar surface area (TPSA) is 31.2 Å². The van der Waals surface area contributed by atoms with Crippen LogP contribution < -0.4 is 0 Å². The molecule has 0 unspecified atom stereocenters. The van der Waals surface area contributed by atoms with E-state index in [1.807, 2.05) is 68.4 Å². The minimum atomic E-state index is -0.340. The molecule has 25 heavy (non-hydrogen) atoms. The molecule has 0 amide bonds. The van der Waals surface area contributed by atoms with E-state index in [-0.39, 0.29) is 12.7 Å². The molecule has 0 fully saturated rings. The summed E-state index contributed by atoms with van der Waals surface area (Å²) in [6.45, 7) is 4.31. The van der Waals surface area contributed by atoms with Crippen molar-refractivity contribution in [2.45, 2.75) is 20.5 Å². The first-order chi connectivity index (χ1) is 12.2. The molecule has 3 nitrogen and oxygen atoms in total. The number of carbonyl (C=O) groups excluding carboxylic acids is 1. The van der Waals surface area contributed by atoms with Gasteiger partial charge in [-0.25, -0.2) is 9.36 Å². The zero-order valence-corrected chi connectivity index (χ0v) is 14.3. The quantitative estimate of drug-likeness (QED) is 0.479. The molecule has 0 atom stereocenters. The van der Waals surface area contributed by atoms with Crippen molar-refractivity contribution >= 4 is 27.9 Å². The molecule has 3 heteroatoms. The number of para-hydroxylation sites is 2. The van der Waals surface area contributed by atoms with Crippen molar-refractivity contribution < 1.29 is 9.53 Å². The fraction of sp³-hybridized carbons (Fsp3) is 0.136. The Labute approximate surface area is 146 Å². The highest BCUT2D eigenvalue weighted by Crippen LogP contribution is 2.33. The van der Waals surface area contributed by atoms with Gasteiger partial charge < -0.3 is 4.74 Å². The number of rotatable bonds is 2. The Hall–Kier alpha value is -3.07. The largest absolute Gasteiger partial charge is 0.444 e. The van der Waals surface area contributed by atoms with Crippen molar-refractivity contribution in [3.05, 3.63) is 83.4 Å². The molecular weight excluding hydrogens is 310 g/mol. The maximum absolute atomic E-state index is 13.0. The van der Waals surface area contributed by atoms with Gasteiger partial charge in [-0.3, -0.25) is 0 Å². The number of hydrogen-bond acceptors (Lipinski definition) is 2. The third kappa shape index (κ3) is 2.58. The summed E-state index contributed by atoms with van der Waals surface area (Å²) in [5.74, 6) is 0. The van der Waals surface area contributed by atoms with Crippen LogP contribution in [-0.2, 0) is 11.3 Å². The standard InChI is InChI=1S/C22H19NO2/c1-15-8-6-12-18-19-13-7-9-16(2)21(19)23(20(15)18)22(24)25-14-17-10-4-3-5-11-17/h3-13H,14H2,1-2H3. The van der Waals surface area contributed by atoms with Crippen molar-refractivity contribution in [3.8, 4) is 0 Å². The first kappa shape index (κ1) is 15.5. The lowest BCUT2D eigenvalue weighted by Gasteiger charge is -2.10. The van der Waals surface area contributed by atoms with E-state index >= 15 is 0 Å². The van der Waals surface area contributed by atoms with Crippen molar-refractivity contribution in [1.82, 2.24) is 4.57 Å². The zero-order valence-electron chi connectivity index (χ0n) is 14.3. The molecule has 3 aromatic carbocycles. The summed E-state index contributed by atoms with van der Waals surface area (Å²) in [5, 5.41) is 2.16. The molecule has 124 valence electrons. The lowest BCUT2D eigenvalue weighted by atomic mass is 10.1. The summed E-state index contributed by atoms with van der Waals surface area (Å²) in [6, 6.07) is 22.0. The Morgan fingerprint density at radius 3 is 1.92 bits per heavy atom. The third-order valence-corrected chi connectivity index (χ3v) is 4.60. The van der Waals surface area contributed by atoms with Crippen LogP contribution in [0.2, 0.25) is 0 Å². The lowest BCUT2D eigenvalue weighted by molar-refractivity contribution is 0.143. The predicted molar refractivity (Wildman–Crippen MR) is 101 cm³/mol. The van der Waals surface area contributed by atoms with E-state index in [2.05, 4.69) is 12.1 Å². The first-order valence-corrected chi connectivity index (χ1v) is 8.37. The zero-order chi connectivity index (χ0) is 17.4. The second kappa shape index (κ2) is 6.10. The summed E-state index contributed by atoms with van der Waals surface area (Å²) in [5.41, 5.74) is 4.94. The van der Waals surface area contributed by atoms with Gasteiger partial charge in [-0.1, -0.05) is 66.7 Å². The maximum atomic E-state index is 13.0.